The Morgan fingerprint density at radius 1 is 0.844 bits per heavy atom. The second-order valence-corrected chi connectivity index (χ2v) is 8.90. The minimum Gasteiger partial charge on any atom is -0.480 e. The first-order chi connectivity index (χ1) is 14.7. The molecule has 8 N–H and O–H groups in total. The van der Waals surface area contributed by atoms with Crippen molar-refractivity contribution < 1.29 is 29.1 Å². The van der Waals surface area contributed by atoms with Crippen LogP contribution in [0.2, 0.25) is 0 Å². The smallest absolute Gasteiger partial charge is 0.326 e. The minimum absolute atomic E-state index is 0.0172. The Labute approximate surface area is 189 Å². The highest BCUT2D eigenvalue weighted by Crippen LogP contribution is 2.10. The summed E-state index contributed by atoms with van der Waals surface area (Å²) >= 11 is 0. The molecule has 0 saturated heterocycles. The normalized spacial score (nSPS) is 15.9. The molecular weight excluding hydrogens is 418 g/mol. The van der Waals surface area contributed by atoms with E-state index in [2.05, 4.69) is 16.0 Å². The van der Waals surface area contributed by atoms with Crippen molar-refractivity contribution in [3.63, 3.8) is 0 Å². The molecule has 0 heterocycles. The molecule has 0 rings (SSSR count). The zero-order chi connectivity index (χ0) is 25.2. The summed E-state index contributed by atoms with van der Waals surface area (Å²) < 4.78 is 0. The van der Waals surface area contributed by atoms with Gasteiger partial charge in [0.2, 0.25) is 23.6 Å². The molecule has 0 aliphatic heterocycles. The molecule has 0 aromatic rings. The van der Waals surface area contributed by atoms with E-state index in [1.54, 1.807) is 20.8 Å². The van der Waals surface area contributed by atoms with Gasteiger partial charge in [-0.05, 0) is 24.2 Å². The van der Waals surface area contributed by atoms with Crippen LogP contribution < -0.4 is 27.4 Å². The van der Waals surface area contributed by atoms with E-state index in [1.165, 1.54) is 0 Å². The van der Waals surface area contributed by atoms with E-state index in [0.717, 1.165) is 0 Å². The van der Waals surface area contributed by atoms with E-state index in [-0.39, 0.29) is 24.2 Å². The van der Waals surface area contributed by atoms with Crippen molar-refractivity contribution >= 4 is 29.6 Å². The third-order valence-electron chi connectivity index (χ3n) is 5.17. The number of hydrogen-bond donors (Lipinski definition) is 6. The number of carboxylic acids is 1. The summed E-state index contributed by atoms with van der Waals surface area (Å²) in [6.45, 7) is 10.6. The summed E-state index contributed by atoms with van der Waals surface area (Å²) in [7, 11) is 0. The van der Waals surface area contributed by atoms with Crippen molar-refractivity contribution in [1.82, 2.24) is 16.0 Å². The van der Waals surface area contributed by atoms with Gasteiger partial charge < -0.3 is 32.5 Å². The highest BCUT2D eigenvalue weighted by Gasteiger charge is 2.32. The molecular formula is C21H39N5O6. The quantitative estimate of drug-likeness (QED) is 0.202. The second kappa shape index (κ2) is 13.7. The van der Waals surface area contributed by atoms with Gasteiger partial charge in [0.1, 0.15) is 18.1 Å². The zero-order valence-corrected chi connectivity index (χ0v) is 19.8. The fourth-order valence-corrected chi connectivity index (χ4v) is 2.93. The number of nitrogens with one attached hydrogen (secondary N) is 3. The Hall–Kier alpha value is -2.69. The van der Waals surface area contributed by atoms with Crippen molar-refractivity contribution in [2.24, 2.45) is 29.2 Å². The molecule has 0 fully saturated rings. The molecule has 32 heavy (non-hydrogen) atoms. The number of amides is 4. The average Bonchev–Trinajstić information content (AvgIpc) is 2.68. The number of aliphatic carboxylic acids is 1. The topological polar surface area (TPSA) is 194 Å². The number of carboxylic acid groups (broad SMARTS) is 1. The molecule has 0 aliphatic rings. The molecule has 0 aliphatic carbocycles. The third-order valence-corrected chi connectivity index (χ3v) is 5.17. The van der Waals surface area contributed by atoms with Gasteiger partial charge in [-0.15, -0.1) is 0 Å². The Morgan fingerprint density at radius 2 is 1.34 bits per heavy atom. The molecule has 0 saturated carbocycles. The van der Waals surface area contributed by atoms with Crippen LogP contribution in [0, 0.1) is 17.8 Å². The fourth-order valence-electron chi connectivity index (χ4n) is 2.93. The van der Waals surface area contributed by atoms with Crippen LogP contribution in [0.3, 0.4) is 0 Å². The van der Waals surface area contributed by atoms with E-state index in [0.29, 0.717) is 6.42 Å². The predicted octanol–water partition coefficient (Wildman–Crippen LogP) is -0.524. The SMILES string of the molecule is CCC(C)C(N)C(=O)NC(CC(N)=O)C(=O)NC(CC(C)C)C(=O)NC(C(=O)O)C(C)C. The molecule has 5 unspecified atom stereocenters. The van der Waals surface area contributed by atoms with Gasteiger partial charge in [0.25, 0.3) is 0 Å². The molecule has 184 valence electrons. The lowest BCUT2D eigenvalue weighted by atomic mass is 9.98. The molecule has 0 aromatic carbocycles. The van der Waals surface area contributed by atoms with Gasteiger partial charge in [0.15, 0.2) is 0 Å². The number of rotatable bonds is 14. The lowest BCUT2D eigenvalue weighted by Crippen LogP contribution is -2.58. The number of carbonyl (C=O) groups is 5. The Bertz CT molecular complexity index is 682. The largest absolute Gasteiger partial charge is 0.480 e. The highest BCUT2D eigenvalue weighted by atomic mass is 16.4. The molecule has 0 bridgehead atoms. The predicted molar refractivity (Wildman–Crippen MR) is 119 cm³/mol. The first-order valence-corrected chi connectivity index (χ1v) is 10.9. The van der Waals surface area contributed by atoms with E-state index in [9.17, 15) is 29.1 Å². The first kappa shape index (κ1) is 29.3. The molecule has 11 nitrogen and oxygen atoms in total. The average molecular weight is 458 g/mol. The van der Waals surface area contributed by atoms with Crippen molar-refractivity contribution in [3.05, 3.63) is 0 Å². The molecule has 5 atom stereocenters. The standard InChI is InChI=1S/C21H39N5O6/c1-7-12(6)16(23)20(30)25-14(9-15(22)27)18(28)24-13(8-10(2)3)19(29)26-17(11(4)5)21(31)32/h10-14,16-17H,7-9,23H2,1-6H3,(H2,22,27)(H,24,28)(H,25,30)(H,26,29)(H,31,32). The number of hydrogen-bond acceptors (Lipinski definition) is 6. The van der Waals surface area contributed by atoms with Gasteiger partial charge in [-0.2, -0.15) is 0 Å². The molecule has 0 spiro atoms. The van der Waals surface area contributed by atoms with Crippen LogP contribution in [0.5, 0.6) is 0 Å². The van der Waals surface area contributed by atoms with E-state index < -0.39 is 60.2 Å². The van der Waals surface area contributed by atoms with Crippen LogP contribution >= 0.6 is 0 Å². The summed E-state index contributed by atoms with van der Waals surface area (Å²) in [5.74, 6) is -4.64. The Balaban J connectivity index is 5.56. The van der Waals surface area contributed by atoms with E-state index in [1.807, 2.05) is 20.8 Å². The van der Waals surface area contributed by atoms with Crippen LogP contribution in [-0.4, -0.2) is 58.9 Å². The van der Waals surface area contributed by atoms with Gasteiger partial charge in [-0.3, -0.25) is 19.2 Å². The monoisotopic (exact) mass is 457 g/mol. The van der Waals surface area contributed by atoms with Gasteiger partial charge in [0.05, 0.1) is 12.5 Å². The van der Waals surface area contributed by atoms with Crippen LogP contribution in [-0.2, 0) is 24.0 Å². The summed E-state index contributed by atoms with van der Waals surface area (Å²) in [4.78, 5) is 60.9. The molecule has 4 amide bonds. The lowest BCUT2D eigenvalue weighted by Gasteiger charge is -2.27. The molecule has 0 aromatic heterocycles. The highest BCUT2D eigenvalue weighted by molar-refractivity contribution is 5.96. The summed E-state index contributed by atoms with van der Waals surface area (Å²) in [6.07, 6.45) is 0.370. The maximum atomic E-state index is 12.9. The van der Waals surface area contributed by atoms with Gasteiger partial charge in [-0.1, -0.05) is 48.0 Å². The van der Waals surface area contributed by atoms with Crippen molar-refractivity contribution in [3.8, 4) is 0 Å². The van der Waals surface area contributed by atoms with Crippen LogP contribution in [0.25, 0.3) is 0 Å². The van der Waals surface area contributed by atoms with Gasteiger partial charge in [-0.25, -0.2) is 4.79 Å². The third kappa shape index (κ3) is 10.1. The maximum Gasteiger partial charge on any atom is 0.326 e. The van der Waals surface area contributed by atoms with Crippen molar-refractivity contribution in [2.75, 3.05) is 0 Å². The van der Waals surface area contributed by atoms with Gasteiger partial charge in [0, 0.05) is 0 Å². The Morgan fingerprint density at radius 3 is 1.75 bits per heavy atom. The molecule has 0 radical (unpaired) electrons. The van der Waals surface area contributed by atoms with Crippen LogP contribution in [0.1, 0.15) is 60.8 Å². The molecule has 11 heteroatoms. The second-order valence-electron chi connectivity index (χ2n) is 8.90. The maximum absolute atomic E-state index is 12.9. The summed E-state index contributed by atoms with van der Waals surface area (Å²) in [5.41, 5.74) is 11.1. The van der Waals surface area contributed by atoms with E-state index in [4.69, 9.17) is 11.5 Å². The van der Waals surface area contributed by atoms with Gasteiger partial charge >= 0.3 is 5.97 Å². The van der Waals surface area contributed by atoms with E-state index >= 15 is 0 Å². The van der Waals surface area contributed by atoms with Crippen LogP contribution in [0.15, 0.2) is 0 Å². The minimum atomic E-state index is -1.32. The number of carbonyl (C=O) groups excluding carboxylic acids is 4. The number of nitrogens with two attached hydrogens (primary N) is 2. The lowest BCUT2D eigenvalue weighted by molar-refractivity contribution is -0.143. The summed E-state index contributed by atoms with van der Waals surface area (Å²) in [5, 5.41) is 16.7. The van der Waals surface area contributed by atoms with Crippen molar-refractivity contribution in [2.45, 2.75) is 85.0 Å². The zero-order valence-electron chi connectivity index (χ0n) is 19.8. The Kier molecular flexibility index (Phi) is 12.5. The summed E-state index contributed by atoms with van der Waals surface area (Å²) in [6, 6.07) is -4.42. The number of primary amides is 1. The first-order valence-electron chi connectivity index (χ1n) is 10.9. The van der Waals surface area contributed by atoms with Crippen molar-refractivity contribution in [1.29, 1.82) is 0 Å². The van der Waals surface area contributed by atoms with Crippen LogP contribution in [0.4, 0.5) is 0 Å². The fraction of sp³-hybridized carbons (Fsp3) is 0.762.